The molecular weight excluding hydrogens is 227 g/mol. The van der Waals surface area contributed by atoms with Crippen LogP contribution < -0.4 is 4.90 Å². The number of halogens is 1. The molecule has 0 aliphatic carbocycles. The number of nitrogens with zero attached hydrogens (tertiary/aromatic N) is 1. The minimum absolute atomic E-state index is 0.332. The first-order chi connectivity index (χ1) is 8.79. The fourth-order valence-electron chi connectivity index (χ4n) is 2.34. The maximum atomic E-state index is 12.4. The van der Waals surface area contributed by atoms with Gasteiger partial charge in [0, 0.05) is 41.1 Å². The van der Waals surface area contributed by atoms with Gasteiger partial charge in [-0.15, -0.1) is 0 Å². The molecule has 0 amide bonds. The SMILES string of the molecule is CN(CCF)c1ccc2c(c1)[nH]c1ccccc12. The first-order valence-corrected chi connectivity index (χ1v) is 6.07. The van der Waals surface area contributed by atoms with Crippen LogP contribution in [0.4, 0.5) is 10.1 Å². The van der Waals surface area contributed by atoms with Gasteiger partial charge in [-0.1, -0.05) is 24.3 Å². The third-order valence-electron chi connectivity index (χ3n) is 3.35. The summed E-state index contributed by atoms with van der Waals surface area (Å²) in [6.45, 7) is 0.0903. The fourth-order valence-corrected chi connectivity index (χ4v) is 2.34. The lowest BCUT2D eigenvalue weighted by atomic mass is 10.1. The molecule has 0 unspecified atom stereocenters. The number of rotatable bonds is 3. The van der Waals surface area contributed by atoms with Gasteiger partial charge in [-0.2, -0.15) is 0 Å². The molecule has 3 aromatic rings. The molecule has 0 fully saturated rings. The van der Waals surface area contributed by atoms with E-state index in [9.17, 15) is 4.39 Å². The third kappa shape index (κ3) is 1.72. The summed E-state index contributed by atoms with van der Waals surface area (Å²) >= 11 is 0. The summed E-state index contributed by atoms with van der Waals surface area (Å²) in [7, 11) is 1.91. The van der Waals surface area contributed by atoms with E-state index in [1.807, 2.05) is 30.1 Å². The number of alkyl halides is 1. The Bertz CT molecular complexity index is 687. The minimum atomic E-state index is -0.332. The summed E-state index contributed by atoms with van der Waals surface area (Å²) in [5.74, 6) is 0. The molecule has 0 saturated carbocycles. The molecule has 0 atom stereocenters. The highest BCUT2D eigenvalue weighted by Crippen LogP contribution is 2.28. The zero-order valence-electron chi connectivity index (χ0n) is 10.3. The summed E-state index contributed by atoms with van der Waals surface area (Å²) in [5.41, 5.74) is 3.27. The summed E-state index contributed by atoms with van der Waals surface area (Å²) in [6.07, 6.45) is 0. The fraction of sp³-hybridized carbons (Fsp3) is 0.200. The van der Waals surface area contributed by atoms with Crippen molar-refractivity contribution in [1.82, 2.24) is 4.98 Å². The number of aromatic nitrogens is 1. The smallest absolute Gasteiger partial charge is 0.107 e. The third-order valence-corrected chi connectivity index (χ3v) is 3.35. The van der Waals surface area contributed by atoms with Gasteiger partial charge in [-0.05, 0) is 18.2 Å². The molecule has 0 aliphatic heterocycles. The minimum Gasteiger partial charge on any atom is -0.372 e. The number of anilines is 1. The average molecular weight is 242 g/mol. The molecule has 0 radical (unpaired) electrons. The summed E-state index contributed by atoms with van der Waals surface area (Å²) in [5, 5.41) is 2.44. The second-order valence-corrected chi connectivity index (χ2v) is 4.51. The highest BCUT2D eigenvalue weighted by Gasteiger charge is 2.06. The lowest BCUT2D eigenvalue weighted by molar-refractivity contribution is 0.497. The standard InChI is InChI=1S/C15H15FN2/c1-18(9-8-16)11-6-7-13-12-4-2-3-5-14(12)17-15(13)10-11/h2-7,10,17H,8-9H2,1H3. The Morgan fingerprint density at radius 3 is 2.67 bits per heavy atom. The van der Waals surface area contributed by atoms with Crippen molar-refractivity contribution in [2.24, 2.45) is 0 Å². The predicted molar refractivity (Wildman–Crippen MR) is 75.0 cm³/mol. The zero-order valence-corrected chi connectivity index (χ0v) is 10.3. The van der Waals surface area contributed by atoms with Crippen LogP contribution in [0.15, 0.2) is 42.5 Å². The van der Waals surface area contributed by atoms with Crippen LogP contribution in [0.25, 0.3) is 21.8 Å². The highest BCUT2D eigenvalue weighted by molar-refractivity contribution is 6.07. The van der Waals surface area contributed by atoms with Crippen LogP contribution >= 0.6 is 0 Å². The van der Waals surface area contributed by atoms with Crippen LogP contribution in [-0.2, 0) is 0 Å². The van der Waals surface area contributed by atoms with E-state index in [0.717, 1.165) is 16.7 Å². The summed E-state index contributed by atoms with van der Waals surface area (Å²) in [4.78, 5) is 5.32. The molecule has 2 nitrogen and oxygen atoms in total. The summed E-state index contributed by atoms with van der Waals surface area (Å²) in [6, 6.07) is 14.5. The van der Waals surface area contributed by atoms with Crippen molar-refractivity contribution in [3.8, 4) is 0 Å². The second kappa shape index (κ2) is 4.33. The van der Waals surface area contributed by atoms with Gasteiger partial charge in [0.15, 0.2) is 0 Å². The molecule has 0 spiro atoms. The molecule has 3 rings (SSSR count). The molecule has 0 aliphatic rings. The molecule has 92 valence electrons. The van der Waals surface area contributed by atoms with E-state index >= 15 is 0 Å². The van der Waals surface area contributed by atoms with Crippen molar-refractivity contribution in [2.45, 2.75) is 0 Å². The van der Waals surface area contributed by atoms with E-state index in [1.165, 1.54) is 10.8 Å². The average Bonchev–Trinajstić information content (AvgIpc) is 2.76. The van der Waals surface area contributed by atoms with Crippen molar-refractivity contribution in [3.05, 3.63) is 42.5 Å². The van der Waals surface area contributed by atoms with Crippen molar-refractivity contribution in [1.29, 1.82) is 0 Å². The molecule has 1 N–H and O–H groups in total. The number of para-hydroxylation sites is 1. The van der Waals surface area contributed by atoms with E-state index < -0.39 is 0 Å². The monoisotopic (exact) mass is 242 g/mol. The molecule has 18 heavy (non-hydrogen) atoms. The maximum absolute atomic E-state index is 12.4. The lowest BCUT2D eigenvalue weighted by Crippen LogP contribution is -2.19. The Labute approximate surface area is 105 Å². The van der Waals surface area contributed by atoms with Crippen LogP contribution in [0, 0.1) is 0 Å². The Morgan fingerprint density at radius 2 is 1.83 bits per heavy atom. The van der Waals surface area contributed by atoms with Gasteiger partial charge in [0.05, 0.1) is 0 Å². The van der Waals surface area contributed by atoms with E-state index in [0.29, 0.717) is 6.54 Å². The number of nitrogens with one attached hydrogen (secondary N) is 1. The van der Waals surface area contributed by atoms with Gasteiger partial charge in [0.25, 0.3) is 0 Å². The number of H-pyrrole nitrogens is 1. The van der Waals surface area contributed by atoms with Gasteiger partial charge < -0.3 is 9.88 Å². The molecule has 2 aromatic carbocycles. The Morgan fingerprint density at radius 1 is 1.06 bits per heavy atom. The van der Waals surface area contributed by atoms with E-state index in [4.69, 9.17) is 0 Å². The van der Waals surface area contributed by atoms with E-state index in [-0.39, 0.29) is 6.67 Å². The van der Waals surface area contributed by atoms with Gasteiger partial charge in [-0.25, -0.2) is 4.39 Å². The van der Waals surface area contributed by atoms with Gasteiger partial charge in [0.1, 0.15) is 6.67 Å². The number of aromatic amines is 1. The van der Waals surface area contributed by atoms with Crippen LogP contribution in [-0.4, -0.2) is 25.3 Å². The largest absolute Gasteiger partial charge is 0.372 e. The molecule has 0 bridgehead atoms. The topological polar surface area (TPSA) is 19.0 Å². The number of hydrogen-bond acceptors (Lipinski definition) is 1. The Balaban J connectivity index is 2.15. The highest BCUT2D eigenvalue weighted by atomic mass is 19.1. The van der Waals surface area contributed by atoms with E-state index in [1.54, 1.807) is 0 Å². The molecular formula is C15H15FN2. The molecule has 1 aromatic heterocycles. The first-order valence-electron chi connectivity index (χ1n) is 6.07. The first kappa shape index (κ1) is 11.1. The zero-order chi connectivity index (χ0) is 12.5. The lowest BCUT2D eigenvalue weighted by Gasteiger charge is -2.17. The maximum Gasteiger partial charge on any atom is 0.107 e. The van der Waals surface area contributed by atoms with Crippen molar-refractivity contribution in [2.75, 3.05) is 25.2 Å². The number of benzene rings is 2. The Kier molecular flexibility index (Phi) is 2.67. The van der Waals surface area contributed by atoms with E-state index in [2.05, 4.69) is 29.2 Å². The quantitative estimate of drug-likeness (QED) is 0.741. The summed E-state index contributed by atoms with van der Waals surface area (Å²) < 4.78 is 12.4. The van der Waals surface area contributed by atoms with Crippen LogP contribution in [0.1, 0.15) is 0 Å². The van der Waals surface area contributed by atoms with Crippen LogP contribution in [0.2, 0.25) is 0 Å². The van der Waals surface area contributed by atoms with Gasteiger partial charge in [-0.3, -0.25) is 0 Å². The van der Waals surface area contributed by atoms with Crippen molar-refractivity contribution >= 4 is 27.5 Å². The predicted octanol–water partition coefficient (Wildman–Crippen LogP) is 3.73. The van der Waals surface area contributed by atoms with Gasteiger partial charge in [0.2, 0.25) is 0 Å². The molecule has 1 heterocycles. The number of hydrogen-bond donors (Lipinski definition) is 1. The van der Waals surface area contributed by atoms with Crippen LogP contribution in [0.3, 0.4) is 0 Å². The van der Waals surface area contributed by atoms with Crippen molar-refractivity contribution < 1.29 is 4.39 Å². The number of fused-ring (bicyclic) bond motifs is 3. The Hall–Kier alpha value is -2.03. The molecule has 0 saturated heterocycles. The molecule has 3 heteroatoms. The normalized spacial score (nSPS) is 11.2. The van der Waals surface area contributed by atoms with Crippen molar-refractivity contribution in [3.63, 3.8) is 0 Å². The van der Waals surface area contributed by atoms with Crippen LogP contribution in [0.5, 0.6) is 0 Å². The second-order valence-electron chi connectivity index (χ2n) is 4.51. The van der Waals surface area contributed by atoms with Gasteiger partial charge >= 0.3 is 0 Å².